The fourth-order valence-corrected chi connectivity index (χ4v) is 1.53. The molecule has 0 aliphatic carbocycles. The molecule has 0 aromatic rings. The quantitative estimate of drug-likeness (QED) is 0.470. The Kier molecular flexibility index (Phi) is 4.45. The van der Waals surface area contributed by atoms with Gasteiger partial charge in [-0.25, -0.2) is 0 Å². The van der Waals surface area contributed by atoms with Gasteiger partial charge in [0, 0.05) is 0 Å². The molecule has 1 unspecified atom stereocenters. The van der Waals surface area contributed by atoms with E-state index in [9.17, 15) is 0 Å². The first-order valence-electron chi connectivity index (χ1n) is 4.41. The maximum absolute atomic E-state index is 7.26. The predicted octanol–water partition coefficient (Wildman–Crippen LogP) is 1.72. The molecular formula is C9H16B2N2. The van der Waals surface area contributed by atoms with E-state index in [-0.39, 0.29) is 22.6 Å². The zero-order valence-electron chi connectivity index (χ0n) is 8.65. The minimum absolute atomic E-state index is 0.0447. The third-order valence-corrected chi connectivity index (χ3v) is 2.06. The molecule has 2 N–H and O–H groups in total. The molecule has 0 aliphatic rings. The van der Waals surface area contributed by atoms with Crippen molar-refractivity contribution in [2.45, 2.75) is 33.6 Å². The van der Waals surface area contributed by atoms with Crippen LogP contribution in [-0.2, 0) is 0 Å². The van der Waals surface area contributed by atoms with Crippen LogP contribution in [0.25, 0.3) is 0 Å². The minimum atomic E-state index is -0.0447. The Hall–Kier alpha value is -0.530. The Labute approximate surface area is 83.3 Å². The number of hydrogen-bond acceptors (Lipinski definition) is 2. The first-order chi connectivity index (χ1) is 5.74. The molecule has 4 heteroatoms. The van der Waals surface area contributed by atoms with Crippen LogP contribution in [0.3, 0.4) is 0 Å². The molecule has 0 spiro atoms. The zero-order valence-corrected chi connectivity index (χ0v) is 8.65. The highest BCUT2D eigenvalue weighted by molar-refractivity contribution is 6.59. The minimum Gasteiger partial charge on any atom is -0.321 e. The number of rotatable bonds is 5. The maximum atomic E-state index is 7.26. The fourth-order valence-electron chi connectivity index (χ4n) is 1.53. The Morgan fingerprint density at radius 1 is 1.31 bits per heavy atom. The molecule has 0 bridgehead atoms. The van der Waals surface area contributed by atoms with Gasteiger partial charge in [-0.3, -0.25) is 0 Å². The van der Waals surface area contributed by atoms with Gasteiger partial charge in [-0.1, -0.05) is 20.8 Å². The van der Waals surface area contributed by atoms with E-state index in [1.807, 2.05) is 20.8 Å². The van der Waals surface area contributed by atoms with Crippen LogP contribution in [0.1, 0.15) is 33.6 Å². The van der Waals surface area contributed by atoms with Crippen molar-refractivity contribution in [3.05, 3.63) is 0 Å². The molecule has 0 rings (SSSR count). The summed E-state index contributed by atoms with van der Waals surface area (Å²) in [6.07, 6.45) is 1.35. The van der Waals surface area contributed by atoms with Gasteiger partial charge in [0.1, 0.15) is 15.7 Å². The van der Waals surface area contributed by atoms with Crippen LogP contribution < -0.4 is 0 Å². The second-order valence-corrected chi connectivity index (χ2v) is 4.43. The van der Waals surface area contributed by atoms with Crippen LogP contribution in [0.2, 0.25) is 0 Å². The summed E-state index contributed by atoms with van der Waals surface area (Å²) in [7, 11) is 10.7. The number of hydrogen-bond donors (Lipinski definition) is 2. The maximum Gasteiger partial charge on any atom is 0.134 e. The van der Waals surface area contributed by atoms with Crippen molar-refractivity contribution in [1.29, 1.82) is 10.8 Å². The van der Waals surface area contributed by atoms with E-state index >= 15 is 0 Å². The molecule has 0 aliphatic heterocycles. The lowest BCUT2D eigenvalue weighted by atomic mass is 9.72. The van der Waals surface area contributed by atoms with E-state index < -0.39 is 0 Å². The van der Waals surface area contributed by atoms with Gasteiger partial charge in [0.05, 0.1) is 0 Å². The highest BCUT2D eigenvalue weighted by atomic mass is 14.4. The lowest BCUT2D eigenvalue weighted by Crippen LogP contribution is -2.23. The van der Waals surface area contributed by atoms with Gasteiger partial charge in [0.25, 0.3) is 0 Å². The molecule has 2 nitrogen and oxygen atoms in total. The molecule has 0 aromatic heterocycles. The second kappa shape index (κ2) is 4.64. The fraction of sp³-hybridized carbons (Fsp3) is 0.778. The highest BCUT2D eigenvalue weighted by Gasteiger charge is 2.21. The van der Waals surface area contributed by atoms with Gasteiger partial charge in [-0.05, 0) is 35.4 Å². The van der Waals surface area contributed by atoms with Crippen molar-refractivity contribution < 1.29 is 0 Å². The first-order valence-corrected chi connectivity index (χ1v) is 4.41. The summed E-state index contributed by atoms with van der Waals surface area (Å²) in [5.41, 5.74) is 0.356. The van der Waals surface area contributed by atoms with Crippen LogP contribution >= 0.6 is 0 Å². The molecule has 0 saturated carbocycles. The van der Waals surface area contributed by atoms with Crippen LogP contribution in [-0.4, -0.2) is 26.9 Å². The van der Waals surface area contributed by atoms with Gasteiger partial charge >= 0.3 is 0 Å². The summed E-state index contributed by atoms with van der Waals surface area (Å²) in [4.78, 5) is 0. The van der Waals surface area contributed by atoms with Crippen molar-refractivity contribution in [1.82, 2.24) is 0 Å². The average molecular weight is 174 g/mol. The summed E-state index contributed by atoms with van der Waals surface area (Å²) in [6, 6.07) is 0. The standard InChI is InChI=1S/C9H16B2N2/c1-6(8(11)13)4-9(2,3)5-7(10)12/h6,12-13H,4-5H2,1-3H3. The normalized spacial score (nSPS) is 13.8. The molecule has 0 amide bonds. The number of nitrogens with one attached hydrogen (secondary N) is 2. The van der Waals surface area contributed by atoms with Crippen molar-refractivity contribution in [2.75, 3.05) is 0 Å². The lowest BCUT2D eigenvalue weighted by Gasteiger charge is -2.27. The van der Waals surface area contributed by atoms with Gasteiger partial charge in [-0.2, -0.15) is 0 Å². The zero-order chi connectivity index (χ0) is 10.6. The van der Waals surface area contributed by atoms with Crippen molar-refractivity contribution >= 4 is 26.9 Å². The highest BCUT2D eigenvalue weighted by Crippen LogP contribution is 2.29. The van der Waals surface area contributed by atoms with E-state index in [0.29, 0.717) is 6.42 Å². The molecule has 1 atom stereocenters. The van der Waals surface area contributed by atoms with Crippen LogP contribution in [0.5, 0.6) is 0 Å². The van der Waals surface area contributed by atoms with E-state index in [2.05, 4.69) is 0 Å². The molecule has 0 saturated heterocycles. The molecule has 0 aromatic carbocycles. The topological polar surface area (TPSA) is 47.7 Å². The van der Waals surface area contributed by atoms with Gasteiger partial charge < -0.3 is 10.8 Å². The van der Waals surface area contributed by atoms with E-state index in [0.717, 1.165) is 6.42 Å². The third kappa shape index (κ3) is 5.67. The smallest absolute Gasteiger partial charge is 0.134 e. The van der Waals surface area contributed by atoms with Gasteiger partial charge in [-0.15, -0.1) is 0 Å². The summed E-state index contributed by atoms with van der Waals surface area (Å²) in [5, 5.41) is 14.5. The molecule has 0 fully saturated rings. The summed E-state index contributed by atoms with van der Waals surface area (Å²) in [6.45, 7) is 5.99. The molecule has 13 heavy (non-hydrogen) atoms. The Morgan fingerprint density at radius 3 is 2.08 bits per heavy atom. The van der Waals surface area contributed by atoms with Crippen LogP contribution in [0.4, 0.5) is 0 Å². The second-order valence-electron chi connectivity index (χ2n) is 4.43. The van der Waals surface area contributed by atoms with Crippen molar-refractivity contribution in [2.24, 2.45) is 11.3 Å². The third-order valence-electron chi connectivity index (χ3n) is 2.06. The van der Waals surface area contributed by atoms with Crippen molar-refractivity contribution in [3.8, 4) is 0 Å². The van der Waals surface area contributed by atoms with Crippen LogP contribution in [0.15, 0.2) is 0 Å². The monoisotopic (exact) mass is 174 g/mol. The van der Waals surface area contributed by atoms with E-state index in [1.54, 1.807) is 0 Å². The van der Waals surface area contributed by atoms with E-state index in [1.165, 1.54) is 0 Å². The van der Waals surface area contributed by atoms with Crippen LogP contribution in [0, 0.1) is 22.2 Å². The Bertz CT molecular complexity index is 212. The van der Waals surface area contributed by atoms with Gasteiger partial charge in [0.2, 0.25) is 0 Å². The Balaban J connectivity index is 4.16. The summed E-state index contributed by atoms with van der Waals surface area (Å²) >= 11 is 0. The predicted molar refractivity (Wildman–Crippen MR) is 59.1 cm³/mol. The summed E-state index contributed by atoms with van der Waals surface area (Å²) < 4.78 is 0. The molecule has 68 valence electrons. The van der Waals surface area contributed by atoms with Crippen molar-refractivity contribution in [3.63, 3.8) is 0 Å². The molecule has 0 heterocycles. The summed E-state index contributed by atoms with van der Waals surface area (Å²) in [5.74, 6) is 0.0642. The van der Waals surface area contributed by atoms with Gasteiger partial charge in [0.15, 0.2) is 0 Å². The average Bonchev–Trinajstić information content (AvgIpc) is 1.81. The first kappa shape index (κ1) is 12.5. The lowest BCUT2D eigenvalue weighted by molar-refractivity contribution is 0.323. The Morgan fingerprint density at radius 2 is 1.77 bits per heavy atom. The molecular weight excluding hydrogens is 158 g/mol. The van der Waals surface area contributed by atoms with E-state index in [4.69, 9.17) is 26.5 Å². The molecule has 4 radical (unpaired) electrons. The largest absolute Gasteiger partial charge is 0.321 e. The SMILES string of the molecule is [B]C(=N)CC(C)(C)CC(C)C([B])=N.